The predicted octanol–water partition coefficient (Wildman–Crippen LogP) is 0.729. The molecular formula is C15H17N6O3+. The average molecular weight is 329 g/mol. The van der Waals surface area contributed by atoms with E-state index in [1.165, 1.54) is 10.9 Å². The molecule has 9 heteroatoms. The fourth-order valence-corrected chi connectivity index (χ4v) is 3.34. The van der Waals surface area contributed by atoms with Crippen LogP contribution in [-0.4, -0.2) is 38.5 Å². The van der Waals surface area contributed by atoms with Gasteiger partial charge in [-0.1, -0.05) is 0 Å². The van der Waals surface area contributed by atoms with Crippen molar-refractivity contribution in [2.24, 2.45) is 5.10 Å². The molecule has 0 aromatic carbocycles. The normalized spacial score (nSPS) is 20.5. The van der Waals surface area contributed by atoms with Crippen LogP contribution in [0.2, 0.25) is 0 Å². The Balaban J connectivity index is 2.00. The molecule has 2 aromatic rings. The number of anilines is 1. The minimum atomic E-state index is -0.546. The topological polar surface area (TPSA) is 96.1 Å². The molecule has 2 aliphatic heterocycles. The van der Waals surface area contributed by atoms with Gasteiger partial charge in [0.1, 0.15) is 16.6 Å². The zero-order chi connectivity index (χ0) is 16.8. The van der Waals surface area contributed by atoms with Gasteiger partial charge in [0.05, 0.1) is 14.9 Å². The van der Waals surface area contributed by atoms with E-state index in [0.29, 0.717) is 15.6 Å². The van der Waals surface area contributed by atoms with E-state index < -0.39 is 11.0 Å². The van der Waals surface area contributed by atoms with Crippen LogP contribution >= 0.6 is 0 Å². The third-order valence-electron chi connectivity index (χ3n) is 4.57. The molecule has 9 nitrogen and oxygen atoms in total. The van der Waals surface area contributed by atoms with Gasteiger partial charge < -0.3 is 4.90 Å². The van der Waals surface area contributed by atoms with Crippen LogP contribution in [0.5, 0.6) is 0 Å². The summed E-state index contributed by atoms with van der Waals surface area (Å²) in [5, 5.41) is 20.4. The van der Waals surface area contributed by atoms with Gasteiger partial charge in [-0.15, -0.1) is 5.10 Å². The quantitative estimate of drug-likeness (QED) is 0.460. The first-order chi connectivity index (χ1) is 11.6. The van der Waals surface area contributed by atoms with Crippen molar-refractivity contribution in [1.82, 2.24) is 9.61 Å². The van der Waals surface area contributed by atoms with Crippen molar-refractivity contribution < 1.29 is 9.79 Å². The van der Waals surface area contributed by atoms with Crippen molar-refractivity contribution >= 4 is 23.1 Å². The van der Waals surface area contributed by atoms with Crippen LogP contribution in [0.4, 0.5) is 11.5 Å². The number of rotatable bonds is 2. The Kier molecular flexibility index (Phi) is 3.29. The van der Waals surface area contributed by atoms with Crippen molar-refractivity contribution in [2.45, 2.75) is 32.2 Å². The van der Waals surface area contributed by atoms with Crippen LogP contribution in [0.25, 0.3) is 11.6 Å². The largest absolute Gasteiger partial charge is 0.355 e. The third kappa shape index (κ3) is 2.15. The number of nitro groups is 1. The molecule has 1 atom stereocenters. The van der Waals surface area contributed by atoms with E-state index >= 15 is 0 Å². The van der Waals surface area contributed by atoms with Gasteiger partial charge in [0.25, 0.3) is 6.04 Å². The van der Waals surface area contributed by atoms with Gasteiger partial charge in [-0.3, -0.25) is 10.1 Å². The molecule has 4 heterocycles. The summed E-state index contributed by atoms with van der Waals surface area (Å²) < 4.78 is 1.42. The van der Waals surface area contributed by atoms with E-state index in [-0.39, 0.29) is 11.2 Å². The average Bonchev–Trinajstić information content (AvgIpc) is 2.89. The maximum absolute atomic E-state index is 11.9. The molecule has 0 N–H and O–H groups in total. The second-order valence-electron chi connectivity index (χ2n) is 6.19. The van der Waals surface area contributed by atoms with E-state index in [2.05, 4.69) is 15.1 Å². The summed E-state index contributed by atoms with van der Waals surface area (Å²) in [5.74, 6) is 0.751. The lowest BCUT2D eigenvalue weighted by Gasteiger charge is -2.27. The molecule has 24 heavy (non-hydrogen) atoms. The van der Waals surface area contributed by atoms with Gasteiger partial charge in [0.15, 0.2) is 4.87 Å². The summed E-state index contributed by atoms with van der Waals surface area (Å²) >= 11 is 0. The fraction of sp³-hybridized carbons (Fsp3) is 0.467. The fourth-order valence-electron chi connectivity index (χ4n) is 3.34. The molecule has 2 aliphatic rings. The number of hydrogen-bond donors (Lipinski definition) is 0. The number of nitrogens with zero attached hydrogens (tertiary/aromatic N) is 6. The lowest BCUT2D eigenvalue weighted by molar-refractivity contribution is -0.579. The van der Waals surface area contributed by atoms with Crippen LogP contribution in [0.15, 0.2) is 17.2 Å². The highest BCUT2D eigenvalue weighted by Gasteiger charge is 2.30. The molecule has 0 aliphatic carbocycles. The Morgan fingerprint density at radius 2 is 2.04 bits per heavy atom. The zero-order valence-electron chi connectivity index (χ0n) is 13.3. The highest BCUT2D eigenvalue weighted by molar-refractivity contribution is 5.68. The summed E-state index contributed by atoms with van der Waals surface area (Å²) in [4.78, 5) is 25.7. The maximum Gasteiger partial charge on any atom is 0.306 e. The predicted molar refractivity (Wildman–Crippen MR) is 86.2 cm³/mol. The smallest absolute Gasteiger partial charge is 0.306 e. The lowest BCUT2D eigenvalue weighted by atomic mass is 10.1. The second kappa shape index (κ2) is 5.36. The Morgan fingerprint density at radius 1 is 1.29 bits per heavy atom. The summed E-state index contributed by atoms with van der Waals surface area (Å²) in [6.45, 7) is 3.48. The number of hydrogen-bond acceptors (Lipinski definition) is 5. The number of fused-ring (bicyclic) bond motifs is 3. The number of aromatic nitrogens is 2. The molecule has 0 amide bonds. The van der Waals surface area contributed by atoms with Gasteiger partial charge >= 0.3 is 5.69 Å². The van der Waals surface area contributed by atoms with Crippen molar-refractivity contribution in [2.75, 3.05) is 18.0 Å². The van der Waals surface area contributed by atoms with E-state index in [9.17, 15) is 15.0 Å². The molecule has 124 valence electrons. The molecule has 0 radical (unpaired) electrons. The minimum Gasteiger partial charge on any atom is -0.355 e. The van der Waals surface area contributed by atoms with Crippen LogP contribution < -0.4 is 15.6 Å². The van der Waals surface area contributed by atoms with Gasteiger partial charge in [-0.05, 0) is 31.4 Å². The monoisotopic (exact) mass is 329 g/mol. The first-order valence-corrected chi connectivity index (χ1v) is 8.04. The summed E-state index contributed by atoms with van der Waals surface area (Å²) in [7, 11) is 0. The van der Waals surface area contributed by atoms with Crippen LogP contribution in [-0.2, 0) is 0 Å². The Hall–Kier alpha value is -2.84. The van der Waals surface area contributed by atoms with Crippen LogP contribution in [0, 0.1) is 15.0 Å². The van der Waals surface area contributed by atoms with Crippen molar-refractivity contribution in [3.05, 3.63) is 37.9 Å². The Labute approximate surface area is 136 Å². The molecule has 4 rings (SSSR count). The number of nitroso groups, excluding NO2 is 1. The summed E-state index contributed by atoms with van der Waals surface area (Å²) in [5.41, 5.74) is 0.531. The zero-order valence-corrected chi connectivity index (χ0v) is 13.3. The number of piperidine rings is 1. The molecule has 1 unspecified atom stereocenters. The van der Waals surface area contributed by atoms with E-state index in [0.717, 1.165) is 31.7 Å². The van der Waals surface area contributed by atoms with Crippen LogP contribution in [0.3, 0.4) is 0 Å². The van der Waals surface area contributed by atoms with Gasteiger partial charge in [-0.2, -0.15) is 0 Å². The molecule has 0 saturated carbocycles. The van der Waals surface area contributed by atoms with E-state index in [1.54, 1.807) is 25.1 Å². The molecule has 1 fully saturated rings. The van der Waals surface area contributed by atoms with Crippen molar-refractivity contribution in [3.63, 3.8) is 0 Å². The highest BCUT2D eigenvalue weighted by Crippen LogP contribution is 2.20. The highest BCUT2D eigenvalue weighted by atomic mass is 16.6. The first kappa shape index (κ1) is 14.7. The van der Waals surface area contributed by atoms with E-state index in [1.807, 2.05) is 0 Å². The SMILES string of the molecule is CC1C=c2c([N+](=O)[O-])c3ccc(N4CCCCC4)nn3c2=N[N+]1=O. The standard InChI is InChI=1S/C15H17N6O3/c1-10-9-11-14(21(23)24)12-5-6-13(18-7-3-2-4-8-18)16-19(12)15(11)17-20(10)22/h5-6,9-10H,2-4,7-8H2,1H3/q+1. The Morgan fingerprint density at radius 3 is 2.75 bits per heavy atom. The third-order valence-corrected chi connectivity index (χ3v) is 4.57. The molecule has 0 spiro atoms. The van der Waals surface area contributed by atoms with Crippen LogP contribution in [0.1, 0.15) is 26.2 Å². The Bertz CT molecular complexity index is 973. The lowest BCUT2D eigenvalue weighted by Crippen LogP contribution is -2.38. The molecule has 1 saturated heterocycles. The van der Waals surface area contributed by atoms with E-state index in [4.69, 9.17) is 0 Å². The second-order valence-corrected chi connectivity index (χ2v) is 6.19. The molecule has 0 bridgehead atoms. The van der Waals surface area contributed by atoms with Gasteiger partial charge in [0.2, 0.25) is 5.49 Å². The summed E-state index contributed by atoms with van der Waals surface area (Å²) in [6.07, 6.45) is 4.99. The minimum absolute atomic E-state index is 0.0496. The molecular weight excluding hydrogens is 312 g/mol. The maximum atomic E-state index is 11.9. The summed E-state index contributed by atoms with van der Waals surface area (Å²) in [6, 6.07) is 2.95. The van der Waals surface area contributed by atoms with Gasteiger partial charge in [-0.25, -0.2) is 4.52 Å². The molecule has 2 aromatic heterocycles. The van der Waals surface area contributed by atoms with Gasteiger partial charge in [0, 0.05) is 26.1 Å². The van der Waals surface area contributed by atoms with Crippen molar-refractivity contribution in [3.8, 4) is 0 Å². The van der Waals surface area contributed by atoms with Crippen molar-refractivity contribution in [1.29, 1.82) is 0 Å². The first-order valence-electron chi connectivity index (χ1n) is 8.04.